The van der Waals surface area contributed by atoms with Gasteiger partial charge in [0.25, 0.3) is 0 Å². The Balaban J connectivity index is 1.92. The van der Waals surface area contributed by atoms with E-state index in [1.807, 2.05) is 13.1 Å². The molecule has 0 radical (unpaired) electrons. The predicted octanol–water partition coefficient (Wildman–Crippen LogP) is 0.865. The zero-order chi connectivity index (χ0) is 9.80. The summed E-state index contributed by atoms with van der Waals surface area (Å²) in [4.78, 5) is 3.83. The van der Waals surface area contributed by atoms with Crippen LogP contribution in [0.5, 0.6) is 5.75 Å². The van der Waals surface area contributed by atoms with Crippen molar-refractivity contribution in [1.29, 1.82) is 0 Å². The summed E-state index contributed by atoms with van der Waals surface area (Å²) in [5, 5.41) is 7.68. The lowest BCUT2D eigenvalue weighted by atomic mass is 10.6. The van der Waals surface area contributed by atoms with Crippen LogP contribution in [0.4, 0.5) is 0 Å². The second kappa shape index (κ2) is 3.91. The lowest BCUT2D eigenvalue weighted by Crippen LogP contribution is -1.96. The Morgan fingerprint density at radius 2 is 2.50 bits per heavy atom. The Morgan fingerprint density at radius 1 is 1.57 bits per heavy atom. The summed E-state index contributed by atoms with van der Waals surface area (Å²) < 4.78 is 11.7. The van der Waals surface area contributed by atoms with E-state index in [9.17, 15) is 0 Å². The van der Waals surface area contributed by atoms with Crippen molar-refractivity contribution in [3.63, 3.8) is 0 Å². The molecule has 14 heavy (non-hydrogen) atoms. The molecule has 0 aliphatic rings. The number of aromatic nitrogens is 4. The molecule has 0 aliphatic carbocycles. The van der Waals surface area contributed by atoms with Gasteiger partial charge >= 0.3 is 0 Å². The molecule has 0 N–H and O–H groups in total. The van der Waals surface area contributed by atoms with Crippen molar-refractivity contribution in [3.8, 4) is 5.75 Å². The van der Waals surface area contributed by atoms with Gasteiger partial charge in [0.15, 0.2) is 12.4 Å². The maximum Gasteiger partial charge on any atom is 0.213 e. The maximum atomic E-state index is 5.36. The molecule has 2 rings (SSSR count). The second-order valence-electron chi connectivity index (χ2n) is 2.67. The molecule has 0 aromatic carbocycles. The summed E-state index contributed by atoms with van der Waals surface area (Å²) in [7, 11) is 0. The van der Waals surface area contributed by atoms with Gasteiger partial charge in [0.05, 0.1) is 12.4 Å². The van der Waals surface area contributed by atoms with Gasteiger partial charge in [-0.25, -0.2) is 0 Å². The van der Waals surface area contributed by atoms with Crippen LogP contribution >= 0.6 is 0 Å². The molecular formula is C8H10N4O2. The predicted molar refractivity (Wildman–Crippen MR) is 46.5 cm³/mol. The number of nitrogens with zero attached hydrogens (tertiary/aromatic N) is 4. The van der Waals surface area contributed by atoms with Gasteiger partial charge in [-0.2, -0.15) is 10.1 Å². The summed E-state index contributed by atoms with van der Waals surface area (Å²) >= 11 is 0. The number of hydrogen-bond acceptors (Lipinski definition) is 5. The molecule has 0 bridgehead atoms. The maximum absolute atomic E-state index is 5.36. The summed E-state index contributed by atoms with van der Waals surface area (Å²) in [6.07, 6.45) is 4.75. The summed E-state index contributed by atoms with van der Waals surface area (Å²) in [5.41, 5.74) is 0. The third-order valence-electron chi connectivity index (χ3n) is 1.71. The van der Waals surface area contributed by atoms with E-state index in [2.05, 4.69) is 19.8 Å². The number of rotatable bonds is 4. The SMILES string of the molecule is CCn1cc(OCc2ncon2)cn1. The van der Waals surface area contributed by atoms with Gasteiger partial charge in [-0.15, -0.1) is 0 Å². The van der Waals surface area contributed by atoms with Crippen molar-refractivity contribution in [2.45, 2.75) is 20.1 Å². The van der Waals surface area contributed by atoms with Gasteiger partial charge < -0.3 is 9.26 Å². The van der Waals surface area contributed by atoms with Crippen LogP contribution in [0.15, 0.2) is 23.3 Å². The van der Waals surface area contributed by atoms with Gasteiger partial charge in [-0.3, -0.25) is 4.68 Å². The van der Waals surface area contributed by atoms with Crippen LogP contribution in [-0.4, -0.2) is 19.9 Å². The summed E-state index contributed by atoms with van der Waals surface area (Å²) in [6.45, 7) is 3.13. The number of ether oxygens (including phenoxy) is 1. The molecule has 0 saturated heterocycles. The molecule has 74 valence electrons. The second-order valence-corrected chi connectivity index (χ2v) is 2.67. The van der Waals surface area contributed by atoms with Gasteiger partial charge in [-0.1, -0.05) is 5.16 Å². The van der Waals surface area contributed by atoms with Gasteiger partial charge in [0.1, 0.15) is 0 Å². The van der Waals surface area contributed by atoms with Crippen LogP contribution in [0.25, 0.3) is 0 Å². The minimum atomic E-state index is 0.298. The molecule has 2 heterocycles. The molecule has 2 aromatic heterocycles. The third kappa shape index (κ3) is 1.90. The molecule has 0 fully saturated rings. The Morgan fingerprint density at radius 3 is 3.14 bits per heavy atom. The minimum Gasteiger partial charge on any atom is -0.482 e. The van der Waals surface area contributed by atoms with Gasteiger partial charge in [-0.05, 0) is 6.92 Å². The summed E-state index contributed by atoms with van der Waals surface area (Å²) in [5.74, 6) is 1.23. The van der Waals surface area contributed by atoms with Crippen molar-refractivity contribution >= 4 is 0 Å². The molecule has 0 aliphatic heterocycles. The average molecular weight is 194 g/mol. The lowest BCUT2D eigenvalue weighted by molar-refractivity contribution is 0.286. The molecule has 0 amide bonds. The van der Waals surface area contributed by atoms with Crippen molar-refractivity contribution in [3.05, 3.63) is 24.6 Å². The molecular weight excluding hydrogens is 184 g/mol. The van der Waals surface area contributed by atoms with E-state index in [0.29, 0.717) is 18.2 Å². The highest BCUT2D eigenvalue weighted by Crippen LogP contribution is 2.09. The highest BCUT2D eigenvalue weighted by atomic mass is 16.5. The Kier molecular flexibility index (Phi) is 2.44. The van der Waals surface area contributed by atoms with Crippen LogP contribution < -0.4 is 4.74 Å². The van der Waals surface area contributed by atoms with E-state index >= 15 is 0 Å². The smallest absolute Gasteiger partial charge is 0.213 e. The molecule has 2 aromatic rings. The van der Waals surface area contributed by atoms with Crippen LogP contribution in [0.1, 0.15) is 12.7 Å². The van der Waals surface area contributed by atoms with E-state index in [4.69, 9.17) is 4.74 Å². The average Bonchev–Trinajstić information content (AvgIpc) is 2.86. The van der Waals surface area contributed by atoms with E-state index in [-0.39, 0.29) is 0 Å². The molecule has 6 nitrogen and oxygen atoms in total. The van der Waals surface area contributed by atoms with Crippen molar-refractivity contribution in [1.82, 2.24) is 19.9 Å². The molecule has 6 heteroatoms. The first-order chi connectivity index (χ1) is 6.88. The fourth-order valence-electron chi connectivity index (χ4n) is 0.996. The zero-order valence-electron chi connectivity index (χ0n) is 7.75. The fourth-order valence-corrected chi connectivity index (χ4v) is 0.996. The van der Waals surface area contributed by atoms with Crippen LogP contribution in [0.3, 0.4) is 0 Å². The summed E-state index contributed by atoms with van der Waals surface area (Å²) in [6, 6.07) is 0. The molecule has 0 unspecified atom stereocenters. The first kappa shape index (κ1) is 8.74. The van der Waals surface area contributed by atoms with Gasteiger partial charge in [0, 0.05) is 6.54 Å². The van der Waals surface area contributed by atoms with Crippen LogP contribution in [0.2, 0.25) is 0 Å². The third-order valence-corrected chi connectivity index (χ3v) is 1.71. The normalized spacial score (nSPS) is 10.4. The van der Waals surface area contributed by atoms with E-state index in [1.54, 1.807) is 10.9 Å². The highest BCUT2D eigenvalue weighted by Gasteiger charge is 2.01. The topological polar surface area (TPSA) is 66.0 Å². The fraction of sp³-hybridized carbons (Fsp3) is 0.375. The van der Waals surface area contributed by atoms with Crippen molar-refractivity contribution in [2.75, 3.05) is 0 Å². The van der Waals surface area contributed by atoms with Crippen LogP contribution in [-0.2, 0) is 13.2 Å². The van der Waals surface area contributed by atoms with E-state index < -0.39 is 0 Å². The quantitative estimate of drug-likeness (QED) is 0.722. The monoisotopic (exact) mass is 194 g/mol. The largest absolute Gasteiger partial charge is 0.482 e. The Bertz CT molecular complexity index is 382. The lowest BCUT2D eigenvalue weighted by Gasteiger charge is -1.97. The molecule has 0 saturated carbocycles. The Hall–Kier alpha value is -1.85. The number of hydrogen-bond donors (Lipinski definition) is 0. The highest BCUT2D eigenvalue weighted by molar-refractivity contribution is 5.11. The van der Waals surface area contributed by atoms with Gasteiger partial charge in [0.2, 0.25) is 12.2 Å². The van der Waals surface area contributed by atoms with Crippen LogP contribution in [0, 0.1) is 0 Å². The number of aryl methyl sites for hydroxylation is 1. The molecule has 0 spiro atoms. The van der Waals surface area contributed by atoms with E-state index in [0.717, 1.165) is 6.54 Å². The van der Waals surface area contributed by atoms with Crippen molar-refractivity contribution < 1.29 is 9.26 Å². The van der Waals surface area contributed by atoms with E-state index in [1.165, 1.54) is 6.39 Å². The first-order valence-electron chi connectivity index (χ1n) is 4.29. The standard InChI is InChI=1S/C8H10N4O2/c1-2-12-4-7(3-10-12)13-5-8-9-6-14-11-8/h3-4,6H,2,5H2,1H3. The first-order valence-corrected chi connectivity index (χ1v) is 4.29. The zero-order valence-corrected chi connectivity index (χ0v) is 7.75. The van der Waals surface area contributed by atoms with Crippen molar-refractivity contribution in [2.24, 2.45) is 0 Å². The molecule has 0 atom stereocenters. The Labute approximate surface area is 80.5 Å². The minimum absolute atomic E-state index is 0.298.